The van der Waals surface area contributed by atoms with Crippen LogP contribution in [0.1, 0.15) is 56.7 Å². The van der Waals surface area contributed by atoms with E-state index in [1.165, 1.54) is 49.8 Å². The largest absolute Gasteiger partial charge is 0.351 e. The molecule has 1 aliphatic heterocycles. The van der Waals surface area contributed by atoms with Gasteiger partial charge in [0, 0.05) is 29.5 Å². The smallest absolute Gasteiger partial charge is 0.225 e. The van der Waals surface area contributed by atoms with E-state index < -0.39 is 0 Å². The number of hydrogen-bond acceptors (Lipinski definition) is 4. The van der Waals surface area contributed by atoms with Gasteiger partial charge in [0.25, 0.3) is 0 Å². The van der Waals surface area contributed by atoms with Gasteiger partial charge in [-0.15, -0.1) is 0 Å². The minimum Gasteiger partial charge on any atom is -0.351 e. The maximum absolute atomic E-state index is 4.89. The number of nitrogens with one attached hydrogen (secondary N) is 1. The van der Waals surface area contributed by atoms with E-state index in [1.54, 1.807) is 0 Å². The fourth-order valence-electron chi connectivity index (χ4n) is 4.26. The van der Waals surface area contributed by atoms with Crippen LogP contribution < -0.4 is 10.2 Å². The number of benzene rings is 1. The second-order valence-corrected chi connectivity index (χ2v) is 7.58. The number of aromatic nitrogens is 2. The molecule has 1 saturated carbocycles. The third-order valence-electron chi connectivity index (χ3n) is 5.48. The number of aryl methyl sites for hydroxylation is 1. The van der Waals surface area contributed by atoms with Crippen molar-refractivity contribution in [2.45, 2.75) is 70.9 Å². The van der Waals surface area contributed by atoms with Gasteiger partial charge in [-0.2, -0.15) is 4.98 Å². The Hall–Kier alpha value is -2.10. The van der Waals surface area contributed by atoms with Crippen molar-refractivity contribution in [3.63, 3.8) is 0 Å². The van der Waals surface area contributed by atoms with Gasteiger partial charge in [-0.05, 0) is 44.7 Å². The zero-order valence-corrected chi connectivity index (χ0v) is 15.3. The normalized spacial score (nSPS) is 21.0. The molecule has 1 fully saturated rings. The van der Waals surface area contributed by atoms with Gasteiger partial charge in [0.05, 0.1) is 0 Å². The van der Waals surface area contributed by atoms with Gasteiger partial charge < -0.3 is 10.2 Å². The summed E-state index contributed by atoms with van der Waals surface area (Å²) in [7, 11) is 0. The average Bonchev–Trinajstić information content (AvgIpc) is 2.74. The highest BCUT2D eigenvalue weighted by molar-refractivity contribution is 5.69. The highest BCUT2D eigenvalue weighted by atomic mass is 15.3. The Morgan fingerprint density at radius 2 is 1.80 bits per heavy atom. The van der Waals surface area contributed by atoms with Gasteiger partial charge in [0.15, 0.2) is 0 Å². The first-order valence-corrected chi connectivity index (χ1v) is 9.70. The minimum atomic E-state index is 0.428. The maximum Gasteiger partial charge on any atom is 0.225 e. The summed E-state index contributed by atoms with van der Waals surface area (Å²) in [6.45, 7) is 4.34. The summed E-state index contributed by atoms with van der Waals surface area (Å²) in [5.74, 6) is 1.81. The lowest BCUT2D eigenvalue weighted by molar-refractivity contribution is 0.614. The van der Waals surface area contributed by atoms with Gasteiger partial charge in [0.1, 0.15) is 5.82 Å². The topological polar surface area (TPSA) is 41.1 Å². The van der Waals surface area contributed by atoms with Crippen molar-refractivity contribution in [3.05, 3.63) is 41.6 Å². The number of fused-ring (bicyclic) bond motifs is 1. The average molecular weight is 336 g/mol. The van der Waals surface area contributed by atoms with Crippen LogP contribution in [-0.4, -0.2) is 22.1 Å². The second kappa shape index (κ2) is 7.03. The quantitative estimate of drug-likeness (QED) is 0.801. The van der Waals surface area contributed by atoms with Crippen LogP contribution in [-0.2, 0) is 6.42 Å². The Morgan fingerprint density at radius 3 is 2.60 bits per heavy atom. The van der Waals surface area contributed by atoms with Crippen LogP contribution >= 0.6 is 0 Å². The Morgan fingerprint density at radius 1 is 1.04 bits per heavy atom. The first kappa shape index (κ1) is 16.4. The van der Waals surface area contributed by atoms with Crippen molar-refractivity contribution in [2.24, 2.45) is 0 Å². The first-order valence-electron chi connectivity index (χ1n) is 9.70. The molecule has 0 spiro atoms. The van der Waals surface area contributed by atoms with Gasteiger partial charge in [-0.3, -0.25) is 0 Å². The SMILES string of the molecule is Cc1cc(N2c3ccccc3CC2C)nc(NC2CCCCCC2)n1. The van der Waals surface area contributed by atoms with E-state index in [-0.39, 0.29) is 0 Å². The second-order valence-electron chi connectivity index (χ2n) is 7.58. The minimum absolute atomic E-state index is 0.428. The summed E-state index contributed by atoms with van der Waals surface area (Å²) < 4.78 is 0. The van der Waals surface area contributed by atoms with E-state index in [4.69, 9.17) is 4.98 Å². The number of rotatable bonds is 3. The Bertz CT molecular complexity index is 734. The Kier molecular flexibility index (Phi) is 4.60. The van der Waals surface area contributed by atoms with Crippen molar-refractivity contribution in [3.8, 4) is 0 Å². The molecular weight excluding hydrogens is 308 g/mol. The van der Waals surface area contributed by atoms with E-state index in [2.05, 4.69) is 59.4 Å². The molecule has 25 heavy (non-hydrogen) atoms. The molecule has 1 atom stereocenters. The van der Waals surface area contributed by atoms with Gasteiger partial charge in [-0.25, -0.2) is 4.98 Å². The van der Waals surface area contributed by atoms with E-state index in [0.717, 1.165) is 23.9 Å². The Balaban J connectivity index is 1.61. The third-order valence-corrected chi connectivity index (χ3v) is 5.48. The molecule has 1 aromatic heterocycles. The van der Waals surface area contributed by atoms with Crippen LogP contribution in [0.3, 0.4) is 0 Å². The van der Waals surface area contributed by atoms with Gasteiger partial charge >= 0.3 is 0 Å². The lowest BCUT2D eigenvalue weighted by atomic mass is 10.1. The molecule has 2 aliphatic rings. The van der Waals surface area contributed by atoms with Crippen LogP contribution in [0, 0.1) is 6.92 Å². The molecule has 2 heterocycles. The molecule has 0 bridgehead atoms. The summed E-state index contributed by atoms with van der Waals surface area (Å²) in [5.41, 5.74) is 3.72. The molecule has 1 aliphatic carbocycles. The number of hydrogen-bond donors (Lipinski definition) is 1. The van der Waals surface area contributed by atoms with Crippen LogP contribution in [0.25, 0.3) is 0 Å². The van der Waals surface area contributed by atoms with Gasteiger partial charge in [0.2, 0.25) is 5.95 Å². The summed E-state index contributed by atoms with van der Waals surface area (Å²) >= 11 is 0. The maximum atomic E-state index is 4.89. The van der Waals surface area contributed by atoms with Crippen LogP contribution in [0.4, 0.5) is 17.5 Å². The van der Waals surface area contributed by atoms with Gasteiger partial charge in [-0.1, -0.05) is 43.9 Å². The fraction of sp³-hybridized carbons (Fsp3) is 0.524. The number of anilines is 3. The molecule has 4 heteroatoms. The van der Waals surface area contributed by atoms with E-state index in [1.807, 2.05) is 0 Å². The van der Waals surface area contributed by atoms with Crippen molar-refractivity contribution < 1.29 is 0 Å². The standard InChI is InChI=1S/C21H28N4/c1-15-13-20(25-16(2)14-17-9-7-8-12-19(17)25)24-21(22-15)23-18-10-5-3-4-6-11-18/h7-9,12-13,16,18H,3-6,10-11,14H2,1-2H3,(H,22,23,24). The zero-order valence-electron chi connectivity index (χ0n) is 15.3. The summed E-state index contributed by atoms with van der Waals surface area (Å²) in [5, 5.41) is 3.62. The lowest BCUT2D eigenvalue weighted by Crippen LogP contribution is -2.26. The van der Waals surface area contributed by atoms with Crippen LogP contribution in [0.5, 0.6) is 0 Å². The van der Waals surface area contributed by atoms with Crippen molar-refractivity contribution in [1.29, 1.82) is 0 Å². The number of nitrogens with zero attached hydrogens (tertiary/aromatic N) is 3. The zero-order chi connectivity index (χ0) is 17.2. The first-order chi connectivity index (χ1) is 12.2. The highest BCUT2D eigenvalue weighted by Gasteiger charge is 2.28. The van der Waals surface area contributed by atoms with E-state index >= 15 is 0 Å². The monoisotopic (exact) mass is 336 g/mol. The van der Waals surface area contributed by atoms with E-state index in [9.17, 15) is 0 Å². The summed E-state index contributed by atoms with van der Waals surface area (Å²) in [6, 6.07) is 11.7. The molecule has 4 rings (SSSR count). The van der Waals surface area contributed by atoms with Crippen molar-refractivity contribution in [1.82, 2.24) is 9.97 Å². The lowest BCUT2D eigenvalue weighted by Gasteiger charge is -2.25. The fourth-order valence-corrected chi connectivity index (χ4v) is 4.26. The van der Waals surface area contributed by atoms with Crippen molar-refractivity contribution >= 4 is 17.5 Å². The molecule has 2 aromatic rings. The third kappa shape index (κ3) is 3.48. The molecule has 1 N–H and O–H groups in total. The van der Waals surface area contributed by atoms with Crippen molar-refractivity contribution in [2.75, 3.05) is 10.2 Å². The van der Waals surface area contributed by atoms with Crippen LogP contribution in [0.15, 0.2) is 30.3 Å². The molecular formula is C21H28N4. The summed E-state index contributed by atoms with van der Waals surface area (Å²) in [6.07, 6.45) is 8.88. The molecule has 1 aromatic carbocycles. The molecule has 132 valence electrons. The number of para-hydroxylation sites is 1. The highest BCUT2D eigenvalue weighted by Crippen LogP contribution is 2.37. The molecule has 1 unspecified atom stereocenters. The van der Waals surface area contributed by atoms with E-state index in [0.29, 0.717) is 12.1 Å². The summed E-state index contributed by atoms with van der Waals surface area (Å²) in [4.78, 5) is 11.9. The predicted molar refractivity (Wildman–Crippen MR) is 104 cm³/mol. The predicted octanol–water partition coefficient (Wildman–Crippen LogP) is 5.00. The molecule has 0 saturated heterocycles. The Labute approximate surface area is 150 Å². The molecule has 4 nitrogen and oxygen atoms in total. The van der Waals surface area contributed by atoms with Crippen LogP contribution in [0.2, 0.25) is 0 Å². The molecule has 0 amide bonds. The molecule has 0 radical (unpaired) electrons.